The number of carbonyl (C=O) groups is 1. The number of para-hydroxylation sites is 2. The molecule has 0 radical (unpaired) electrons. The Labute approximate surface area is 194 Å². The third-order valence-corrected chi connectivity index (χ3v) is 6.04. The molecular formula is C27H28ClN3O. The third-order valence-electron chi connectivity index (χ3n) is 5.79. The maximum Gasteiger partial charge on any atom is 0.251 e. The number of halogens is 1. The second-order valence-corrected chi connectivity index (χ2v) is 8.54. The van der Waals surface area contributed by atoms with Crippen LogP contribution >= 0.6 is 11.6 Å². The Hall–Kier alpha value is -3.11. The highest BCUT2D eigenvalue weighted by atomic mass is 35.5. The lowest BCUT2D eigenvalue weighted by Gasteiger charge is -2.12. The van der Waals surface area contributed by atoms with E-state index in [9.17, 15) is 4.79 Å². The lowest BCUT2D eigenvalue weighted by Crippen LogP contribution is -2.24. The molecule has 0 aliphatic heterocycles. The molecule has 5 heteroatoms. The van der Waals surface area contributed by atoms with Crippen LogP contribution in [-0.2, 0) is 13.0 Å². The number of aryl methyl sites for hydroxylation is 2. The molecule has 0 aliphatic carbocycles. The molecule has 3 aromatic carbocycles. The molecule has 4 rings (SSSR count). The van der Waals surface area contributed by atoms with E-state index in [2.05, 4.69) is 59.3 Å². The molecule has 4 nitrogen and oxygen atoms in total. The van der Waals surface area contributed by atoms with Crippen LogP contribution in [-0.4, -0.2) is 22.0 Å². The van der Waals surface area contributed by atoms with Gasteiger partial charge in [0.25, 0.3) is 5.91 Å². The van der Waals surface area contributed by atoms with Crippen LogP contribution in [0.4, 0.5) is 0 Å². The molecule has 0 spiro atoms. The molecule has 4 aromatic rings. The maximum absolute atomic E-state index is 12.2. The number of hydrogen-bond acceptors (Lipinski definition) is 2. The van der Waals surface area contributed by atoms with Gasteiger partial charge in [-0.1, -0.05) is 54.4 Å². The van der Waals surface area contributed by atoms with Gasteiger partial charge in [0.1, 0.15) is 5.82 Å². The van der Waals surface area contributed by atoms with Crippen molar-refractivity contribution in [3.8, 4) is 0 Å². The molecule has 0 saturated carbocycles. The number of nitrogens with one attached hydrogen (secondary N) is 1. The molecule has 1 heterocycles. The van der Waals surface area contributed by atoms with E-state index in [4.69, 9.17) is 16.6 Å². The number of carbonyl (C=O) groups excluding carboxylic acids is 1. The first-order valence-corrected chi connectivity index (χ1v) is 11.5. The summed E-state index contributed by atoms with van der Waals surface area (Å²) in [7, 11) is 0. The number of amides is 1. The molecule has 0 bridgehead atoms. The second kappa shape index (κ2) is 10.5. The number of benzene rings is 3. The number of rotatable bonds is 9. The summed E-state index contributed by atoms with van der Waals surface area (Å²) in [5.74, 6) is 1.07. The van der Waals surface area contributed by atoms with E-state index in [1.165, 1.54) is 16.6 Å². The summed E-state index contributed by atoms with van der Waals surface area (Å²) in [6.07, 6.45) is 3.94. The zero-order chi connectivity index (χ0) is 22.3. The van der Waals surface area contributed by atoms with Crippen LogP contribution in [0.3, 0.4) is 0 Å². The fraction of sp³-hybridized carbons (Fsp3) is 0.259. The van der Waals surface area contributed by atoms with Gasteiger partial charge in [-0.15, -0.1) is 0 Å². The number of unbranched alkanes of at least 4 members (excludes halogenated alkanes) is 2. The number of hydrogen-bond donors (Lipinski definition) is 1. The third kappa shape index (κ3) is 5.38. The van der Waals surface area contributed by atoms with Crippen LogP contribution < -0.4 is 5.32 Å². The van der Waals surface area contributed by atoms with Crippen molar-refractivity contribution in [1.82, 2.24) is 14.9 Å². The minimum absolute atomic E-state index is 0.0540. The van der Waals surface area contributed by atoms with Gasteiger partial charge in [0, 0.05) is 30.1 Å². The summed E-state index contributed by atoms with van der Waals surface area (Å²) in [4.78, 5) is 17.1. The number of fused-ring (bicyclic) bond motifs is 1. The minimum atomic E-state index is -0.0540. The first kappa shape index (κ1) is 22.1. The van der Waals surface area contributed by atoms with Gasteiger partial charge in [0.2, 0.25) is 0 Å². The van der Waals surface area contributed by atoms with Crippen LogP contribution in [0, 0.1) is 6.92 Å². The van der Waals surface area contributed by atoms with Crippen LogP contribution in [0.2, 0.25) is 5.02 Å². The molecule has 164 valence electrons. The van der Waals surface area contributed by atoms with E-state index in [0.717, 1.165) is 43.6 Å². The van der Waals surface area contributed by atoms with Crippen molar-refractivity contribution in [1.29, 1.82) is 0 Å². The number of aromatic nitrogens is 2. The SMILES string of the molecule is Cc1ccccc1Cn1c(CCCCCNC(=O)c2ccc(Cl)cc2)nc2ccccc21. The normalized spacial score (nSPS) is 11.1. The number of nitrogens with zero attached hydrogens (tertiary/aromatic N) is 2. The van der Waals surface area contributed by atoms with Crippen LogP contribution in [0.1, 0.15) is 46.6 Å². The van der Waals surface area contributed by atoms with Gasteiger partial charge in [-0.25, -0.2) is 4.98 Å². The summed E-state index contributed by atoms with van der Waals surface area (Å²) in [6.45, 7) is 3.66. The van der Waals surface area contributed by atoms with Crippen molar-refractivity contribution >= 4 is 28.5 Å². The topological polar surface area (TPSA) is 46.9 Å². The Morgan fingerprint density at radius 2 is 1.69 bits per heavy atom. The van der Waals surface area contributed by atoms with E-state index in [1.54, 1.807) is 24.3 Å². The summed E-state index contributed by atoms with van der Waals surface area (Å²) >= 11 is 5.88. The zero-order valence-electron chi connectivity index (χ0n) is 18.4. The summed E-state index contributed by atoms with van der Waals surface area (Å²) in [5, 5.41) is 3.62. The quantitative estimate of drug-likeness (QED) is 0.312. The Morgan fingerprint density at radius 1 is 0.938 bits per heavy atom. The van der Waals surface area contributed by atoms with E-state index in [0.29, 0.717) is 17.1 Å². The lowest BCUT2D eigenvalue weighted by atomic mass is 10.1. The summed E-state index contributed by atoms with van der Waals surface area (Å²) in [5.41, 5.74) is 5.49. The standard InChI is InChI=1S/C27H28ClN3O/c1-20-9-4-5-10-22(20)19-31-25-12-7-6-11-24(25)30-26(31)13-3-2-8-18-29-27(32)21-14-16-23(28)17-15-21/h4-7,9-12,14-17H,2-3,8,13,18-19H2,1H3,(H,29,32). The van der Waals surface area contributed by atoms with E-state index < -0.39 is 0 Å². The monoisotopic (exact) mass is 445 g/mol. The first-order valence-electron chi connectivity index (χ1n) is 11.1. The van der Waals surface area contributed by atoms with Crippen LogP contribution in [0.15, 0.2) is 72.8 Å². The van der Waals surface area contributed by atoms with Crippen LogP contribution in [0.25, 0.3) is 11.0 Å². The average Bonchev–Trinajstić information content (AvgIpc) is 3.15. The smallest absolute Gasteiger partial charge is 0.251 e. The van der Waals surface area contributed by atoms with Gasteiger partial charge in [0.15, 0.2) is 0 Å². The molecular weight excluding hydrogens is 418 g/mol. The second-order valence-electron chi connectivity index (χ2n) is 8.10. The van der Waals surface area contributed by atoms with Crippen molar-refractivity contribution in [2.45, 2.75) is 39.2 Å². The predicted molar refractivity (Wildman–Crippen MR) is 131 cm³/mol. The molecule has 0 fully saturated rings. The molecule has 1 amide bonds. The van der Waals surface area contributed by atoms with Crippen LogP contribution in [0.5, 0.6) is 0 Å². The van der Waals surface area contributed by atoms with Crippen molar-refractivity contribution in [3.63, 3.8) is 0 Å². The summed E-state index contributed by atoms with van der Waals surface area (Å²) < 4.78 is 2.35. The molecule has 1 N–H and O–H groups in total. The largest absolute Gasteiger partial charge is 0.352 e. The molecule has 32 heavy (non-hydrogen) atoms. The van der Waals surface area contributed by atoms with Gasteiger partial charge in [-0.05, 0) is 67.3 Å². The Kier molecular flexibility index (Phi) is 7.23. The van der Waals surface area contributed by atoms with Gasteiger partial charge >= 0.3 is 0 Å². The van der Waals surface area contributed by atoms with Crippen molar-refractivity contribution in [2.75, 3.05) is 6.54 Å². The predicted octanol–water partition coefficient (Wildman–Crippen LogP) is 6.19. The first-order chi connectivity index (χ1) is 15.6. The fourth-order valence-electron chi connectivity index (χ4n) is 3.94. The Morgan fingerprint density at radius 3 is 2.50 bits per heavy atom. The molecule has 0 unspecified atom stereocenters. The van der Waals surface area contributed by atoms with Gasteiger partial charge in [-0.3, -0.25) is 4.79 Å². The highest BCUT2D eigenvalue weighted by Crippen LogP contribution is 2.21. The van der Waals surface area contributed by atoms with E-state index in [-0.39, 0.29) is 5.91 Å². The lowest BCUT2D eigenvalue weighted by molar-refractivity contribution is 0.0953. The van der Waals surface area contributed by atoms with Crippen molar-refractivity contribution in [3.05, 3.63) is 100 Å². The highest BCUT2D eigenvalue weighted by molar-refractivity contribution is 6.30. The van der Waals surface area contributed by atoms with Gasteiger partial charge < -0.3 is 9.88 Å². The molecule has 0 saturated heterocycles. The van der Waals surface area contributed by atoms with Crippen molar-refractivity contribution < 1.29 is 4.79 Å². The molecule has 1 aromatic heterocycles. The van der Waals surface area contributed by atoms with Gasteiger partial charge in [0.05, 0.1) is 11.0 Å². The van der Waals surface area contributed by atoms with E-state index >= 15 is 0 Å². The zero-order valence-corrected chi connectivity index (χ0v) is 19.1. The fourth-order valence-corrected chi connectivity index (χ4v) is 4.07. The van der Waals surface area contributed by atoms with Gasteiger partial charge in [-0.2, -0.15) is 0 Å². The highest BCUT2D eigenvalue weighted by Gasteiger charge is 2.12. The summed E-state index contributed by atoms with van der Waals surface area (Å²) in [6, 6.07) is 23.8. The molecule has 0 atom stereocenters. The maximum atomic E-state index is 12.2. The Balaban J connectivity index is 1.33. The Bertz CT molecular complexity index is 1200. The number of imidazole rings is 1. The molecule has 0 aliphatic rings. The average molecular weight is 446 g/mol. The van der Waals surface area contributed by atoms with Crippen molar-refractivity contribution in [2.24, 2.45) is 0 Å². The van der Waals surface area contributed by atoms with E-state index in [1.807, 2.05) is 6.07 Å². The minimum Gasteiger partial charge on any atom is -0.352 e.